The lowest BCUT2D eigenvalue weighted by Crippen LogP contribution is -2.25. The van der Waals surface area contributed by atoms with Crippen LogP contribution in [-0.2, 0) is 16.1 Å². The van der Waals surface area contributed by atoms with Crippen LogP contribution in [0, 0.1) is 0 Å². The van der Waals surface area contributed by atoms with Crippen molar-refractivity contribution in [3.05, 3.63) is 48.2 Å². The fourth-order valence-electron chi connectivity index (χ4n) is 1.76. The number of rotatable bonds is 6. The quantitative estimate of drug-likeness (QED) is 0.891. The molecule has 1 aromatic carbocycles. The molecule has 5 nitrogen and oxygen atoms in total. The van der Waals surface area contributed by atoms with Crippen molar-refractivity contribution in [3.63, 3.8) is 0 Å². The molecular weight excluding hydrogens is 299 g/mol. The second kappa shape index (κ2) is 7.08. The number of benzene rings is 1. The summed E-state index contributed by atoms with van der Waals surface area (Å²) in [5, 5.41) is 6.53. The van der Waals surface area contributed by atoms with Crippen molar-refractivity contribution in [2.24, 2.45) is 0 Å². The lowest BCUT2D eigenvalue weighted by molar-refractivity contribution is -0.174. The summed E-state index contributed by atoms with van der Waals surface area (Å²) in [7, 11) is 0. The van der Waals surface area contributed by atoms with E-state index in [1.165, 1.54) is 10.9 Å². The van der Waals surface area contributed by atoms with Gasteiger partial charge in [-0.3, -0.25) is 4.79 Å². The number of anilines is 1. The molecule has 118 valence electrons. The first-order valence-corrected chi connectivity index (χ1v) is 6.44. The number of hydrogen-bond acceptors (Lipinski definition) is 3. The van der Waals surface area contributed by atoms with E-state index < -0.39 is 25.3 Å². The van der Waals surface area contributed by atoms with Crippen LogP contribution in [-0.4, -0.2) is 35.1 Å². The van der Waals surface area contributed by atoms with Gasteiger partial charge in [-0.15, -0.1) is 0 Å². The van der Waals surface area contributed by atoms with Crippen molar-refractivity contribution < 1.29 is 22.7 Å². The molecule has 1 aromatic heterocycles. The van der Waals surface area contributed by atoms with Crippen molar-refractivity contribution in [1.29, 1.82) is 0 Å². The van der Waals surface area contributed by atoms with Crippen molar-refractivity contribution in [1.82, 2.24) is 9.78 Å². The maximum absolute atomic E-state index is 11.9. The Balaban J connectivity index is 1.88. The van der Waals surface area contributed by atoms with Crippen molar-refractivity contribution >= 4 is 11.7 Å². The molecule has 0 aliphatic heterocycles. The zero-order chi connectivity index (χ0) is 16.0. The molecule has 0 saturated heterocycles. The molecule has 0 bridgehead atoms. The normalized spacial score (nSPS) is 11.4. The summed E-state index contributed by atoms with van der Waals surface area (Å²) in [6.07, 6.45) is -2.95. The van der Waals surface area contributed by atoms with E-state index in [1.807, 2.05) is 30.3 Å². The first kappa shape index (κ1) is 16.0. The van der Waals surface area contributed by atoms with E-state index in [1.54, 1.807) is 6.07 Å². The van der Waals surface area contributed by atoms with Gasteiger partial charge in [0.25, 0.3) is 5.91 Å². The Kier molecular flexibility index (Phi) is 5.16. The molecule has 2 aromatic rings. The van der Waals surface area contributed by atoms with Gasteiger partial charge in [0.05, 0.1) is 12.7 Å². The molecule has 0 saturated carbocycles. The smallest absolute Gasteiger partial charge is 0.362 e. The molecule has 2 rings (SSSR count). The highest BCUT2D eigenvalue weighted by atomic mass is 19.4. The SMILES string of the molecule is O=C(COCC(F)(F)F)Nc1ccnn1Cc1ccccc1. The third-order valence-electron chi connectivity index (χ3n) is 2.66. The van der Waals surface area contributed by atoms with Gasteiger partial charge in [-0.2, -0.15) is 18.3 Å². The fourth-order valence-corrected chi connectivity index (χ4v) is 1.76. The number of nitrogens with zero attached hydrogens (tertiary/aromatic N) is 2. The van der Waals surface area contributed by atoms with E-state index in [0.29, 0.717) is 12.4 Å². The fraction of sp³-hybridized carbons (Fsp3) is 0.286. The van der Waals surface area contributed by atoms with E-state index >= 15 is 0 Å². The summed E-state index contributed by atoms with van der Waals surface area (Å²) in [6, 6.07) is 11.0. The topological polar surface area (TPSA) is 56.1 Å². The molecule has 22 heavy (non-hydrogen) atoms. The number of carbonyl (C=O) groups excluding carboxylic acids is 1. The number of alkyl halides is 3. The molecule has 1 amide bonds. The average Bonchev–Trinajstić information content (AvgIpc) is 2.85. The predicted molar refractivity (Wildman–Crippen MR) is 73.3 cm³/mol. The summed E-state index contributed by atoms with van der Waals surface area (Å²) >= 11 is 0. The molecule has 0 aliphatic rings. The summed E-state index contributed by atoms with van der Waals surface area (Å²) < 4.78 is 41.6. The molecular formula is C14H14F3N3O2. The van der Waals surface area contributed by atoms with Crippen LogP contribution in [0.25, 0.3) is 0 Å². The zero-order valence-corrected chi connectivity index (χ0v) is 11.5. The molecule has 0 spiro atoms. The van der Waals surface area contributed by atoms with E-state index in [9.17, 15) is 18.0 Å². The third kappa shape index (κ3) is 5.21. The van der Waals surface area contributed by atoms with Crippen molar-refractivity contribution in [2.45, 2.75) is 12.7 Å². The number of amides is 1. The molecule has 1 heterocycles. The Labute approximate surface area is 124 Å². The van der Waals surface area contributed by atoms with Crippen LogP contribution in [0.3, 0.4) is 0 Å². The lowest BCUT2D eigenvalue weighted by atomic mass is 10.2. The summed E-state index contributed by atoms with van der Waals surface area (Å²) in [6.45, 7) is -1.69. The molecule has 0 radical (unpaired) electrons. The molecule has 1 N–H and O–H groups in total. The van der Waals surface area contributed by atoms with Crippen molar-refractivity contribution in [2.75, 3.05) is 18.5 Å². The summed E-state index contributed by atoms with van der Waals surface area (Å²) in [5.41, 5.74) is 0.982. The first-order chi connectivity index (χ1) is 10.4. The van der Waals surface area contributed by atoms with E-state index in [-0.39, 0.29) is 0 Å². The van der Waals surface area contributed by atoms with Gasteiger partial charge >= 0.3 is 6.18 Å². The van der Waals surface area contributed by atoms with Gasteiger partial charge in [-0.25, -0.2) is 4.68 Å². The lowest BCUT2D eigenvalue weighted by Gasteiger charge is -2.10. The van der Waals surface area contributed by atoms with E-state index in [2.05, 4.69) is 15.2 Å². The maximum atomic E-state index is 11.9. The monoisotopic (exact) mass is 313 g/mol. The standard InChI is InChI=1S/C14H14F3N3O2/c15-14(16,17)10-22-9-13(21)19-12-6-7-18-20(12)8-11-4-2-1-3-5-11/h1-7H,8-10H2,(H,19,21). The summed E-state index contributed by atoms with van der Waals surface area (Å²) in [5.74, 6) is -0.275. The largest absolute Gasteiger partial charge is 0.411 e. The van der Waals surface area contributed by atoms with Gasteiger partial charge in [0, 0.05) is 6.07 Å². The van der Waals surface area contributed by atoms with Crippen LogP contribution in [0.15, 0.2) is 42.6 Å². The van der Waals surface area contributed by atoms with Crippen LogP contribution < -0.4 is 5.32 Å². The highest BCUT2D eigenvalue weighted by Gasteiger charge is 2.27. The third-order valence-corrected chi connectivity index (χ3v) is 2.66. The van der Waals surface area contributed by atoms with Crippen LogP contribution in [0.4, 0.5) is 19.0 Å². The molecule has 0 unspecified atom stereocenters. The maximum Gasteiger partial charge on any atom is 0.411 e. The van der Waals surface area contributed by atoms with Gasteiger partial charge in [0.15, 0.2) is 0 Å². The molecule has 0 aliphatic carbocycles. The predicted octanol–water partition coefficient (Wildman–Crippen LogP) is 2.45. The van der Waals surface area contributed by atoms with Crippen LogP contribution in [0.5, 0.6) is 0 Å². The Morgan fingerprint density at radius 1 is 1.23 bits per heavy atom. The van der Waals surface area contributed by atoms with Gasteiger partial charge in [-0.1, -0.05) is 30.3 Å². The minimum absolute atomic E-state index is 0.393. The zero-order valence-electron chi connectivity index (χ0n) is 11.5. The van der Waals surface area contributed by atoms with Crippen LogP contribution >= 0.6 is 0 Å². The van der Waals surface area contributed by atoms with E-state index in [0.717, 1.165) is 5.56 Å². The number of aromatic nitrogens is 2. The molecule has 8 heteroatoms. The molecule has 0 fully saturated rings. The molecule has 0 atom stereocenters. The minimum atomic E-state index is -4.45. The Morgan fingerprint density at radius 3 is 2.64 bits per heavy atom. The highest BCUT2D eigenvalue weighted by Crippen LogP contribution is 2.14. The number of nitrogens with one attached hydrogen (secondary N) is 1. The van der Waals surface area contributed by atoms with E-state index in [4.69, 9.17) is 0 Å². The Morgan fingerprint density at radius 2 is 1.95 bits per heavy atom. The second-order valence-electron chi connectivity index (χ2n) is 4.52. The number of hydrogen-bond donors (Lipinski definition) is 1. The average molecular weight is 313 g/mol. The van der Waals surface area contributed by atoms with Gasteiger partial charge < -0.3 is 10.1 Å². The Hall–Kier alpha value is -2.35. The number of halogens is 3. The van der Waals surface area contributed by atoms with Gasteiger partial charge in [0.1, 0.15) is 19.0 Å². The van der Waals surface area contributed by atoms with Crippen molar-refractivity contribution in [3.8, 4) is 0 Å². The number of carbonyl (C=O) groups is 1. The highest BCUT2D eigenvalue weighted by molar-refractivity contribution is 5.90. The second-order valence-corrected chi connectivity index (χ2v) is 4.52. The van der Waals surface area contributed by atoms with Crippen LogP contribution in [0.2, 0.25) is 0 Å². The Bertz CT molecular complexity index is 611. The number of ether oxygens (including phenoxy) is 1. The van der Waals surface area contributed by atoms with Gasteiger partial charge in [0.2, 0.25) is 0 Å². The first-order valence-electron chi connectivity index (χ1n) is 6.44. The van der Waals surface area contributed by atoms with Gasteiger partial charge in [-0.05, 0) is 5.56 Å². The summed E-state index contributed by atoms with van der Waals surface area (Å²) in [4.78, 5) is 11.6. The van der Waals surface area contributed by atoms with Crippen LogP contribution in [0.1, 0.15) is 5.56 Å². The minimum Gasteiger partial charge on any atom is -0.362 e.